The highest BCUT2D eigenvalue weighted by molar-refractivity contribution is 6.00. The molecule has 33 heavy (non-hydrogen) atoms. The number of benzene rings is 1. The Hall–Kier alpha value is -4.17. The molecule has 0 atom stereocenters. The van der Waals surface area contributed by atoms with Crippen LogP contribution < -0.4 is 15.4 Å². The molecule has 0 aliphatic rings. The second-order valence-corrected chi connectivity index (χ2v) is 6.20. The minimum absolute atomic E-state index is 0.0286. The summed E-state index contributed by atoms with van der Waals surface area (Å²) in [7, 11) is 1.28. The van der Waals surface area contributed by atoms with Crippen LogP contribution in [0, 0.1) is 17.5 Å². The van der Waals surface area contributed by atoms with Crippen LogP contribution in [0.5, 0.6) is 5.88 Å². The van der Waals surface area contributed by atoms with Crippen LogP contribution in [0.2, 0.25) is 0 Å². The molecule has 2 N–H and O–H groups in total. The van der Waals surface area contributed by atoms with Crippen molar-refractivity contribution in [1.82, 2.24) is 25.3 Å². The van der Waals surface area contributed by atoms with Crippen molar-refractivity contribution in [2.24, 2.45) is 0 Å². The van der Waals surface area contributed by atoms with Crippen LogP contribution in [0.4, 0.5) is 32.0 Å². The Morgan fingerprint density at radius 1 is 1.06 bits per heavy atom. The Labute approximate surface area is 180 Å². The number of alkyl halides is 3. The summed E-state index contributed by atoms with van der Waals surface area (Å²) < 4.78 is 85.8. The maximum absolute atomic E-state index is 13.6. The number of amides is 2. The number of rotatable bonds is 6. The second kappa shape index (κ2) is 9.13. The number of ether oxygens (including phenoxy) is 1. The molecule has 0 unspecified atom stereocenters. The van der Waals surface area contributed by atoms with Crippen LogP contribution >= 0.6 is 0 Å². The molecule has 0 aliphatic heterocycles. The van der Waals surface area contributed by atoms with Crippen molar-refractivity contribution in [3.8, 4) is 11.7 Å². The number of hydrogen-bond donors (Lipinski definition) is 2. The first-order chi connectivity index (χ1) is 15.5. The fourth-order valence-corrected chi connectivity index (χ4v) is 2.57. The van der Waals surface area contributed by atoms with Crippen molar-refractivity contribution in [3.63, 3.8) is 0 Å². The van der Waals surface area contributed by atoms with E-state index in [9.17, 15) is 35.9 Å². The quantitative estimate of drug-likeness (QED) is 0.420. The molecule has 0 aliphatic carbocycles. The summed E-state index contributed by atoms with van der Waals surface area (Å²) in [5.41, 5.74) is -3.16. The standard InChI is InChI=1S/C18H12F6N6O3/c1-33-13-5-4-11(28-29-13)30-16(18(22,23)24)8(6-26-30)17(32)25-7-12(31)27-10-3-2-9(19)14(20)15(10)21/h2-6H,7H2,1H3,(H,25,32)(H,27,31). The summed E-state index contributed by atoms with van der Waals surface area (Å²) in [4.78, 5) is 24.2. The van der Waals surface area contributed by atoms with Crippen molar-refractivity contribution in [1.29, 1.82) is 0 Å². The summed E-state index contributed by atoms with van der Waals surface area (Å²) in [5.74, 6) is -7.80. The smallest absolute Gasteiger partial charge is 0.434 e. The van der Waals surface area contributed by atoms with Crippen LogP contribution in [-0.4, -0.2) is 45.4 Å². The van der Waals surface area contributed by atoms with Gasteiger partial charge in [-0.3, -0.25) is 9.59 Å². The van der Waals surface area contributed by atoms with Crippen molar-refractivity contribution in [3.05, 3.63) is 59.2 Å². The molecule has 3 aromatic rings. The molecule has 0 fully saturated rings. The van der Waals surface area contributed by atoms with Gasteiger partial charge >= 0.3 is 6.18 Å². The Bertz CT molecular complexity index is 1200. The third kappa shape index (κ3) is 5.02. The number of carbonyl (C=O) groups excluding carboxylic acids is 2. The summed E-state index contributed by atoms with van der Waals surface area (Å²) in [6.45, 7) is -0.915. The van der Waals surface area contributed by atoms with Crippen LogP contribution in [-0.2, 0) is 11.0 Å². The minimum Gasteiger partial charge on any atom is -0.480 e. The van der Waals surface area contributed by atoms with Gasteiger partial charge in [-0.05, 0) is 18.2 Å². The third-order valence-corrected chi connectivity index (χ3v) is 4.05. The monoisotopic (exact) mass is 474 g/mol. The zero-order valence-electron chi connectivity index (χ0n) is 16.4. The SMILES string of the molecule is COc1ccc(-n2ncc(C(=O)NCC(=O)Nc3ccc(F)c(F)c3F)c2C(F)(F)F)nn1. The number of hydrogen-bond acceptors (Lipinski definition) is 6. The van der Waals surface area contributed by atoms with Gasteiger partial charge in [0.15, 0.2) is 29.0 Å². The molecular weight excluding hydrogens is 462 g/mol. The summed E-state index contributed by atoms with van der Waals surface area (Å²) in [6, 6.07) is 3.64. The van der Waals surface area contributed by atoms with Gasteiger partial charge in [-0.2, -0.15) is 18.3 Å². The van der Waals surface area contributed by atoms with Crippen LogP contribution in [0.3, 0.4) is 0 Å². The molecule has 3 rings (SSSR count). The van der Waals surface area contributed by atoms with E-state index in [-0.39, 0.29) is 11.7 Å². The fraction of sp³-hybridized carbons (Fsp3) is 0.167. The highest BCUT2D eigenvalue weighted by atomic mass is 19.4. The molecule has 15 heteroatoms. The van der Waals surface area contributed by atoms with E-state index in [2.05, 4.69) is 15.3 Å². The topological polar surface area (TPSA) is 111 Å². The Morgan fingerprint density at radius 2 is 1.79 bits per heavy atom. The van der Waals surface area contributed by atoms with Gasteiger partial charge in [0.2, 0.25) is 11.8 Å². The van der Waals surface area contributed by atoms with Gasteiger partial charge in [0.25, 0.3) is 5.91 Å². The molecule has 2 heterocycles. The molecule has 174 valence electrons. The average Bonchev–Trinajstić information content (AvgIpc) is 3.24. The highest BCUT2D eigenvalue weighted by Crippen LogP contribution is 2.33. The van der Waals surface area contributed by atoms with Gasteiger partial charge in [-0.25, -0.2) is 17.9 Å². The van der Waals surface area contributed by atoms with Gasteiger partial charge < -0.3 is 15.4 Å². The summed E-state index contributed by atoms with van der Waals surface area (Å²) in [6.07, 6.45) is -4.45. The molecule has 9 nitrogen and oxygen atoms in total. The lowest BCUT2D eigenvalue weighted by molar-refractivity contribution is -0.143. The van der Waals surface area contributed by atoms with E-state index in [0.29, 0.717) is 16.9 Å². The molecule has 0 saturated heterocycles. The van der Waals surface area contributed by atoms with Gasteiger partial charge in [0.05, 0.1) is 31.1 Å². The number of nitrogens with zero attached hydrogens (tertiary/aromatic N) is 4. The van der Waals surface area contributed by atoms with Crippen molar-refractivity contribution >= 4 is 17.5 Å². The highest BCUT2D eigenvalue weighted by Gasteiger charge is 2.41. The zero-order chi connectivity index (χ0) is 24.3. The van der Waals surface area contributed by atoms with Gasteiger partial charge in [-0.1, -0.05) is 0 Å². The minimum atomic E-state index is -5.05. The number of nitrogens with one attached hydrogen (secondary N) is 2. The number of aromatic nitrogens is 4. The first kappa shape index (κ1) is 23.5. The number of carbonyl (C=O) groups is 2. The number of anilines is 1. The molecule has 0 radical (unpaired) electrons. The van der Waals surface area contributed by atoms with Crippen LogP contribution in [0.1, 0.15) is 16.1 Å². The molecule has 0 saturated carbocycles. The Balaban J connectivity index is 1.77. The van der Waals surface area contributed by atoms with Crippen LogP contribution in [0.15, 0.2) is 30.5 Å². The van der Waals surface area contributed by atoms with E-state index in [1.165, 1.54) is 13.2 Å². The van der Waals surface area contributed by atoms with Crippen LogP contribution in [0.25, 0.3) is 5.82 Å². The molecule has 0 bridgehead atoms. The van der Waals surface area contributed by atoms with Crippen molar-refractivity contribution in [2.75, 3.05) is 19.0 Å². The van der Waals surface area contributed by atoms with E-state index in [1.807, 2.05) is 10.6 Å². The second-order valence-electron chi connectivity index (χ2n) is 6.20. The lowest BCUT2D eigenvalue weighted by atomic mass is 10.2. The number of halogens is 6. The normalized spacial score (nSPS) is 11.2. The lowest BCUT2D eigenvalue weighted by Crippen LogP contribution is -2.34. The fourth-order valence-electron chi connectivity index (χ4n) is 2.57. The zero-order valence-corrected chi connectivity index (χ0v) is 16.4. The molecular formula is C18H12F6N6O3. The predicted molar refractivity (Wildman–Crippen MR) is 98.0 cm³/mol. The molecule has 2 aromatic heterocycles. The Kier molecular flexibility index (Phi) is 6.50. The van der Waals surface area contributed by atoms with Gasteiger partial charge in [-0.15, -0.1) is 10.2 Å². The third-order valence-electron chi connectivity index (χ3n) is 4.05. The maximum atomic E-state index is 13.6. The molecule has 2 amide bonds. The van der Waals surface area contributed by atoms with E-state index < -0.39 is 58.9 Å². The Morgan fingerprint density at radius 3 is 2.39 bits per heavy atom. The molecule has 1 aromatic carbocycles. The lowest BCUT2D eigenvalue weighted by Gasteiger charge is -2.12. The van der Waals surface area contributed by atoms with Crippen molar-refractivity contribution in [2.45, 2.75) is 6.18 Å². The predicted octanol–water partition coefficient (Wildman–Crippen LogP) is 2.48. The van der Waals surface area contributed by atoms with E-state index in [1.54, 1.807) is 0 Å². The maximum Gasteiger partial charge on any atom is 0.434 e. The van der Waals surface area contributed by atoms with Gasteiger partial charge in [0, 0.05) is 6.07 Å². The van der Waals surface area contributed by atoms with E-state index in [4.69, 9.17) is 4.74 Å². The summed E-state index contributed by atoms with van der Waals surface area (Å²) >= 11 is 0. The van der Waals surface area contributed by atoms with E-state index in [0.717, 1.165) is 12.1 Å². The summed E-state index contributed by atoms with van der Waals surface area (Å²) in [5, 5.41) is 14.4. The first-order valence-corrected chi connectivity index (χ1v) is 8.77. The largest absolute Gasteiger partial charge is 0.480 e. The van der Waals surface area contributed by atoms with Gasteiger partial charge in [0.1, 0.15) is 0 Å². The molecule has 0 spiro atoms. The number of methoxy groups -OCH3 is 1. The average molecular weight is 474 g/mol. The van der Waals surface area contributed by atoms with E-state index >= 15 is 0 Å². The first-order valence-electron chi connectivity index (χ1n) is 8.77. The van der Waals surface area contributed by atoms with Crippen molar-refractivity contribution < 1.29 is 40.7 Å².